The molecule has 1 aromatic carbocycles. The molecular weight excluding hydrogens is 465 g/mol. The van der Waals surface area contributed by atoms with E-state index in [0.717, 1.165) is 56.1 Å². The second-order valence-corrected chi connectivity index (χ2v) is 8.03. The summed E-state index contributed by atoms with van der Waals surface area (Å²) < 4.78 is 28.8. The Morgan fingerprint density at radius 2 is 1.88 bits per heavy atom. The maximum Gasteiger partial charge on any atom is 0.191 e. The van der Waals surface area contributed by atoms with Gasteiger partial charge < -0.3 is 15.4 Å². The minimum absolute atomic E-state index is 0. The first-order chi connectivity index (χ1) is 11.9. The average molecular weight is 497 g/mol. The van der Waals surface area contributed by atoms with Gasteiger partial charge in [0, 0.05) is 39.6 Å². The van der Waals surface area contributed by atoms with Crippen molar-refractivity contribution in [2.24, 2.45) is 4.99 Å². The van der Waals surface area contributed by atoms with Gasteiger partial charge in [-0.15, -0.1) is 24.0 Å². The Morgan fingerprint density at radius 1 is 1.19 bits per heavy atom. The molecule has 0 heterocycles. The van der Waals surface area contributed by atoms with Crippen LogP contribution in [-0.2, 0) is 21.1 Å². The second kappa shape index (κ2) is 13.3. The molecule has 150 valence electrons. The summed E-state index contributed by atoms with van der Waals surface area (Å²) in [7, 11) is -1.45. The second-order valence-electron chi connectivity index (χ2n) is 6.04. The van der Waals surface area contributed by atoms with Gasteiger partial charge in [-0.25, -0.2) is 8.42 Å². The van der Waals surface area contributed by atoms with Crippen molar-refractivity contribution in [2.45, 2.75) is 44.6 Å². The fraction of sp³-hybridized carbons (Fsp3) is 0.611. The fourth-order valence-electron chi connectivity index (χ4n) is 2.37. The molecule has 26 heavy (non-hydrogen) atoms. The molecule has 2 N–H and O–H groups in total. The number of unbranched alkanes of at least 4 members (excludes halogenated alkanes) is 1. The van der Waals surface area contributed by atoms with Gasteiger partial charge >= 0.3 is 0 Å². The standard InChI is InChI=1S/C18H31N3O3S.HI/c1-5-6-11-24-12-7-10-20-18(19-3)21-14-16-8-9-17(15(2)13-16)25(4,22)23;/h8-9,13H,5-7,10-12,14H2,1-4H3,(H2,19,20,21);1H. The fourth-order valence-corrected chi connectivity index (χ4v) is 3.33. The number of hydrogen-bond acceptors (Lipinski definition) is 4. The zero-order chi connectivity index (χ0) is 18.7. The van der Waals surface area contributed by atoms with Crippen LogP contribution in [0, 0.1) is 6.92 Å². The Balaban J connectivity index is 0.00000625. The van der Waals surface area contributed by atoms with Crippen LogP contribution >= 0.6 is 24.0 Å². The van der Waals surface area contributed by atoms with Gasteiger partial charge in [-0.3, -0.25) is 4.99 Å². The van der Waals surface area contributed by atoms with Gasteiger partial charge in [-0.05, 0) is 37.0 Å². The van der Waals surface area contributed by atoms with Crippen molar-refractivity contribution < 1.29 is 13.2 Å². The Hall–Kier alpha value is -0.870. The van der Waals surface area contributed by atoms with E-state index in [2.05, 4.69) is 22.5 Å². The molecule has 1 aromatic rings. The van der Waals surface area contributed by atoms with Crippen molar-refractivity contribution in [3.63, 3.8) is 0 Å². The maximum atomic E-state index is 11.7. The van der Waals surface area contributed by atoms with Gasteiger partial charge in [0.15, 0.2) is 15.8 Å². The Kier molecular flexibility index (Phi) is 12.9. The first kappa shape index (κ1) is 25.1. The molecule has 0 aliphatic rings. The van der Waals surface area contributed by atoms with Crippen LogP contribution in [0.5, 0.6) is 0 Å². The van der Waals surface area contributed by atoms with Crippen molar-refractivity contribution in [3.05, 3.63) is 29.3 Å². The highest BCUT2D eigenvalue weighted by Gasteiger charge is 2.10. The molecule has 0 aliphatic carbocycles. The Bertz CT molecular complexity index is 664. The molecule has 1 rings (SSSR count). The van der Waals surface area contributed by atoms with E-state index in [0.29, 0.717) is 11.4 Å². The lowest BCUT2D eigenvalue weighted by Gasteiger charge is -2.13. The third-order valence-corrected chi connectivity index (χ3v) is 4.98. The summed E-state index contributed by atoms with van der Waals surface area (Å²) in [6, 6.07) is 5.37. The van der Waals surface area contributed by atoms with E-state index in [9.17, 15) is 8.42 Å². The van der Waals surface area contributed by atoms with Gasteiger partial charge in [-0.2, -0.15) is 0 Å². The lowest BCUT2D eigenvalue weighted by molar-refractivity contribution is 0.129. The number of guanidine groups is 1. The van der Waals surface area contributed by atoms with Crippen LogP contribution in [0.3, 0.4) is 0 Å². The van der Waals surface area contributed by atoms with Crippen molar-refractivity contribution in [2.75, 3.05) is 33.1 Å². The van der Waals surface area contributed by atoms with Crippen LogP contribution in [0.15, 0.2) is 28.1 Å². The number of halogens is 1. The molecule has 0 atom stereocenters. The lowest BCUT2D eigenvalue weighted by Crippen LogP contribution is -2.37. The molecule has 0 aromatic heterocycles. The number of rotatable bonds is 10. The van der Waals surface area contributed by atoms with Crippen LogP contribution < -0.4 is 10.6 Å². The van der Waals surface area contributed by atoms with Gasteiger partial charge in [0.2, 0.25) is 0 Å². The topological polar surface area (TPSA) is 79.8 Å². The molecule has 0 bridgehead atoms. The quantitative estimate of drug-likeness (QED) is 0.225. The first-order valence-electron chi connectivity index (χ1n) is 8.70. The Morgan fingerprint density at radius 3 is 2.46 bits per heavy atom. The van der Waals surface area contributed by atoms with Crippen LogP contribution in [0.2, 0.25) is 0 Å². The van der Waals surface area contributed by atoms with E-state index in [4.69, 9.17) is 4.74 Å². The summed E-state index contributed by atoms with van der Waals surface area (Å²) in [6.45, 7) is 6.90. The molecule has 0 fully saturated rings. The summed E-state index contributed by atoms with van der Waals surface area (Å²) in [5.74, 6) is 0.721. The lowest BCUT2D eigenvalue weighted by atomic mass is 10.1. The van der Waals surface area contributed by atoms with Crippen LogP contribution in [-0.4, -0.2) is 47.4 Å². The van der Waals surface area contributed by atoms with E-state index >= 15 is 0 Å². The number of nitrogens with zero attached hydrogens (tertiary/aromatic N) is 1. The molecule has 0 saturated heterocycles. The summed E-state index contributed by atoms with van der Waals surface area (Å²) in [5, 5.41) is 6.47. The highest BCUT2D eigenvalue weighted by Crippen LogP contribution is 2.16. The van der Waals surface area contributed by atoms with E-state index in [1.54, 1.807) is 13.1 Å². The molecular formula is C18H32IN3O3S. The summed E-state index contributed by atoms with van der Waals surface area (Å²) in [5.41, 5.74) is 1.77. The predicted octanol–water partition coefficient (Wildman–Crippen LogP) is 2.89. The minimum Gasteiger partial charge on any atom is -0.381 e. The summed E-state index contributed by atoms with van der Waals surface area (Å²) in [6.07, 6.45) is 4.41. The molecule has 6 nitrogen and oxygen atoms in total. The zero-order valence-corrected chi connectivity index (χ0v) is 19.3. The number of sulfone groups is 1. The van der Waals surface area contributed by atoms with E-state index in [1.807, 2.05) is 19.1 Å². The third-order valence-electron chi connectivity index (χ3n) is 3.72. The van der Waals surface area contributed by atoms with Crippen LogP contribution in [0.1, 0.15) is 37.3 Å². The van der Waals surface area contributed by atoms with Gasteiger partial charge in [0.25, 0.3) is 0 Å². The van der Waals surface area contributed by atoms with Crippen molar-refractivity contribution in [1.82, 2.24) is 10.6 Å². The summed E-state index contributed by atoms with van der Waals surface area (Å²) >= 11 is 0. The van der Waals surface area contributed by atoms with Gasteiger partial charge in [0.05, 0.1) is 4.90 Å². The van der Waals surface area contributed by atoms with Crippen molar-refractivity contribution in [1.29, 1.82) is 0 Å². The highest BCUT2D eigenvalue weighted by molar-refractivity contribution is 14.0. The maximum absolute atomic E-state index is 11.7. The number of hydrogen-bond donors (Lipinski definition) is 2. The molecule has 0 amide bonds. The summed E-state index contributed by atoms with van der Waals surface area (Å²) in [4.78, 5) is 4.56. The van der Waals surface area contributed by atoms with E-state index in [1.165, 1.54) is 6.26 Å². The third kappa shape index (κ3) is 9.72. The molecule has 0 unspecified atom stereocenters. The molecule has 0 aliphatic heterocycles. The van der Waals surface area contributed by atoms with Gasteiger partial charge in [-0.1, -0.05) is 25.5 Å². The molecule has 0 radical (unpaired) electrons. The number of ether oxygens (including phenoxy) is 1. The normalized spacial score (nSPS) is 11.8. The monoisotopic (exact) mass is 497 g/mol. The first-order valence-corrected chi connectivity index (χ1v) is 10.6. The molecule has 8 heteroatoms. The molecule has 0 saturated carbocycles. The molecule has 0 spiro atoms. The van der Waals surface area contributed by atoms with Crippen molar-refractivity contribution >= 4 is 39.8 Å². The van der Waals surface area contributed by atoms with Crippen LogP contribution in [0.25, 0.3) is 0 Å². The number of nitrogens with one attached hydrogen (secondary N) is 2. The smallest absolute Gasteiger partial charge is 0.191 e. The van der Waals surface area contributed by atoms with Gasteiger partial charge in [0.1, 0.15) is 0 Å². The Labute approximate surface area is 175 Å². The largest absolute Gasteiger partial charge is 0.381 e. The van der Waals surface area contributed by atoms with E-state index in [-0.39, 0.29) is 24.0 Å². The highest BCUT2D eigenvalue weighted by atomic mass is 127. The number of benzene rings is 1. The number of aryl methyl sites for hydroxylation is 1. The van der Waals surface area contributed by atoms with Crippen LogP contribution in [0.4, 0.5) is 0 Å². The average Bonchev–Trinajstić information content (AvgIpc) is 2.55. The van der Waals surface area contributed by atoms with E-state index < -0.39 is 9.84 Å². The zero-order valence-electron chi connectivity index (χ0n) is 16.2. The SMILES string of the molecule is CCCCOCCCNC(=NC)NCc1ccc(S(C)(=O)=O)c(C)c1.I. The minimum atomic E-state index is -3.18. The van der Waals surface area contributed by atoms with Crippen molar-refractivity contribution in [3.8, 4) is 0 Å². The number of aliphatic imine (C=N–C) groups is 1. The predicted molar refractivity (Wildman–Crippen MR) is 118 cm³/mol.